The van der Waals surface area contributed by atoms with Crippen LogP contribution in [-0.2, 0) is 20.8 Å². The van der Waals surface area contributed by atoms with Crippen LogP contribution >= 0.6 is 0 Å². The number of imide groups is 1. The molecule has 0 saturated carbocycles. The number of hydrogen-bond donors (Lipinski definition) is 2. The molecule has 0 atom stereocenters. The van der Waals surface area contributed by atoms with Gasteiger partial charge in [0.15, 0.2) is 0 Å². The SMILES string of the molecule is O=C(O)CNC(=O)CN1C(=O)Cc2ccccc2C1=O. The molecule has 3 amide bonds. The number of fused-ring (bicyclic) bond motifs is 1. The number of carboxylic acid groups (broad SMARTS) is 1. The molecule has 2 rings (SSSR count). The highest BCUT2D eigenvalue weighted by atomic mass is 16.4. The normalized spacial score (nSPS) is 13.9. The quantitative estimate of drug-likeness (QED) is 0.715. The molecule has 0 radical (unpaired) electrons. The van der Waals surface area contributed by atoms with Gasteiger partial charge in [0, 0.05) is 5.56 Å². The van der Waals surface area contributed by atoms with E-state index in [1.54, 1.807) is 24.3 Å². The summed E-state index contributed by atoms with van der Waals surface area (Å²) in [4.78, 5) is 46.6. The van der Waals surface area contributed by atoms with Crippen LogP contribution in [0, 0.1) is 0 Å². The van der Waals surface area contributed by atoms with Crippen molar-refractivity contribution >= 4 is 23.7 Å². The van der Waals surface area contributed by atoms with Crippen LogP contribution in [0.25, 0.3) is 0 Å². The lowest BCUT2D eigenvalue weighted by atomic mass is 9.98. The highest BCUT2D eigenvalue weighted by molar-refractivity contribution is 6.11. The van der Waals surface area contributed by atoms with Crippen LogP contribution in [0.15, 0.2) is 24.3 Å². The zero-order chi connectivity index (χ0) is 14.7. The number of carbonyl (C=O) groups excluding carboxylic acids is 3. The molecule has 1 aliphatic rings. The van der Waals surface area contributed by atoms with Gasteiger partial charge >= 0.3 is 5.97 Å². The molecule has 104 valence electrons. The molecule has 0 unspecified atom stereocenters. The van der Waals surface area contributed by atoms with Gasteiger partial charge in [-0.05, 0) is 11.6 Å². The Morgan fingerprint density at radius 1 is 1.25 bits per heavy atom. The first-order chi connectivity index (χ1) is 9.49. The zero-order valence-corrected chi connectivity index (χ0v) is 10.5. The highest BCUT2D eigenvalue weighted by Gasteiger charge is 2.31. The molecule has 7 heteroatoms. The van der Waals surface area contributed by atoms with Crippen molar-refractivity contribution in [1.82, 2.24) is 10.2 Å². The molecule has 0 bridgehead atoms. The highest BCUT2D eigenvalue weighted by Crippen LogP contribution is 2.19. The Hall–Kier alpha value is -2.70. The summed E-state index contributed by atoms with van der Waals surface area (Å²) in [5.41, 5.74) is 1.02. The monoisotopic (exact) mass is 276 g/mol. The van der Waals surface area contributed by atoms with Gasteiger partial charge in [0.1, 0.15) is 13.1 Å². The van der Waals surface area contributed by atoms with Gasteiger partial charge in [0.25, 0.3) is 5.91 Å². The Morgan fingerprint density at radius 2 is 1.95 bits per heavy atom. The van der Waals surface area contributed by atoms with E-state index in [1.165, 1.54) is 0 Å². The van der Waals surface area contributed by atoms with Gasteiger partial charge in [-0.15, -0.1) is 0 Å². The standard InChI is InChI=1S/C13H12N2O5/c16-10(14-6-12(18)19)7-15-11(17)5-8-3-1-2-4-9(8)13(15)20/h1-4H,5-7H2,(H,14,16)(H,18,19). The third-order valence-electron chi connectivity index (χ3n) is 2.87. The fraction of sp³-hybridized carbons (Fsp3) is 0.231. The fourth-order valence-electron chi connectivity index (χ4n) is 1.93. The van der Waals surface area contributed by atoms with Crippen molar-refractivity contribution in [2.75, 3.05) is 13.1 Å². The number of carbonyl (C=O) groups is 4. The number of hydrogen-bond acceptors (Lipinski definition) is 4. The van der Waals surface area contributed by atoms with Crippen molar-refractivity contribution in [2.24, 2.45) is 0 Å². The number of amides is 3. The number of benzene rings is 1. The largest absolute Gasteiger partial charge is 0.480 e. The third-order valence-corrected chi connectivity index (χ3v) is 2.87. The first kappa shape index (κ1) is 13.7. The summed E-state index contributed by atoms with van der Waals surface area (Å²) in [6.07, 6.45) is 0.0497. The number of aliphatic carboxylic acids is 1. The van der Waals surface area contributed by atoms with Crippen LogP contribution in [0.4, 0.5) is 0 Å². The van der Waals surface area contributed by atoms with Crippen LogP contribution in [-0.4, -0.2) is 46.8 Å². The first-order valence-electron chi connectivity index (χ1n) is 5.90. The van der Waals surface area contributed by atoms with Gasteiger partial charge in [-0.3, -0.25) is 24.1 Å². The molecule has 0 saturated heterocycles. The molecular weight excluding hydrogens is 264 g/mol. The summed E-state index contributed by atoms with van der Waals surface area (Å²) in [5, 5.41) is 10.6. The van der Waals surface area contributed by atoms with E-state index in [0.29, 0.717) is 11.1 Å². The van der Waals surface area contributed by atoms with Gasteiger partial charge in [0.2, 0.25) is 11.8 Å². The molecule has 7 nitrogen and oxygen atoms in total. The van der Waals surface area contributed by atoms with E-state index < -0.39 is 36.8 Å². The Bertz CT molecular complexity index is 596. The number of nitrogens with zero attached hydrogens (tertiary/aromatic N) is 1. The molecule has 1 aliphatic heterocycles. The molecule has 0 spiro atoms. The van der Waals surface area contributed by atoms with E-state index in [0.717, 1.165) is 4.90 Å². The van der Waals surface area contributed by atoms with E-state index in [4.69, 9.17) is 5.11 Å². The van der Waals surface area contributed by atoms with E-state index in [-0.39, 0.29) is 6.42 Å². The molecule has 0 aromatic heterocycles. The predicted molar refractivity (Wildman–Crippen MR) is 66.8 cm³/mol. The topological polar surface area (TPSA) is 104 Å². The molecule has 2 N–H and O–H groups in total. The number of rotatable bonds is 4. The average molecular weight is 276 g/mol. The second-order valence-corrected chi connectivity index (χ2v) is 4.29. The summed E-state index contributed by atoms with van der Waals surface area (Å²) in [6.45, 7) is -1.02. The first-order valence-corrected chi connectivity index (χ1v) is 5.90. The minimum absolute atomic E-state index is 0.0497. The summed E-state index contributed by atoms with van der Waals surface area (Å²) in [5.74, 6) is -2.89. The molecule has 20 heavy (non-hydrogen) atoms. The Balaban J connectivity index is 2.10. The number of nitrogens with one attached hydrogen (secondary N) is 1. The molecule has 0 fully saturated rings. The lowest BCUT2D eigenvalue weighted by Crippen LogP contribution is -2.48. The van der Waals surface area contributed by atoms with Gasteiger partial charge in [0.05, 0.1) is 6.42 Å². The van der Waals surface area contributed by atoms with Crippen LogP contribution < -0.4 is 5.32 Å². The molecule has 0 aliphatic carbocycles. The Morgan fingerprint density at radius 3 is 2.65 bits per heavy atom. The van der Waals surface area contributed by atoms with Gasteiger partial charge < -0.3 is 10.4 Å². The minimum Gasteiger partial charge on any atom is -0.480 e. The van der Waals surface area contributed by atoms with Gasteiger partial charge in [-0.25, -0.2) is 0 Å². The fourth-order valence-corrected chi connectivity index (χ4v) is 1.93. The van der Waals surface area contributed by atoms with Crippen LogP contribution in [0.1, 0.15) is 15.9 Å². The summed E-state index contributed by atoms with van der Waals surface area (Å²) in [7, 11) is 0. The molecule has 1 aromatic carbocycles. The Kier molecular flexibility index (Phi) is 3.79. The molecule has 1 heterocycles. The van der Waals surface area contributed by atoms with E-state index in [2.05, 4.69) is 5.32 Å². The molecule has 1 aromatic rings. The van der Waals surface area contributed by atoms with Crippen LogP contribution in [0.2, 0.25) is 0 Å². The van der Waals surface area contributed by atoms with Crippen molar-refractivity contribution in [1.29, 1.82) is 0 Å². The summed E-state index contributed by atoms with van der Waals surface area (Å²) in [6, 6.07) is 6.68. The van der Waals surface area contributed by atoms with E-state index in [9.17, 15) is 19.2 Å². The minimum atomic E-state index is -1.19. The van der Waals surface area contributed by atoms with Crippen molar-refractivity contribution < 1.29 is 24.3 Å². The van der Waals surface area contributed by atoms with Crippen molar-refractivity contribution in [3.8, 4) is 0 Å². The van der Waals surface area contributed by atoms with Crippen molar-refractivity contribution in [2.45, 2.75) is 6.42 Å². The van der Waals surface area contributed by atoms with Crippen molar-refractivity contribution in [3.63, 3.8) is 0 Å². The molecular formula is C13H12N2O5. The summed E-state index contributed by atoms with van der Waals surface area (Å²) >= 11 is 0. The van der Waals surface area contributed by atoms with E-state index >= 15 is 0 Å². The van der Waals surface area contributed by atoms with Crippen LogP contribution in [0.3, 0.4) is 0 Å². The number of carboxylic acids is 1. The zero-order valence-electron chi connectivity index (χ0n) is 10.5. The maximum atomic E-state index is 12.1. The van der Waals surface area contributed by atoms with E-state index in [1.807, 2.05) is 0 Å². The predicted octanol–water partition coefficient (Wildman–Crippen LogP) is -0.588. The third kappa shape index (κ3) is 2.82. The second kappa shape index (κ2) is 5.52. The lowest BCUT2D eigenvalue weighted by Gasteiger charge is -2.26. The smallest absolute Gasteiger partial charge is 0.322 e. The maximum absolute atomic E-state index is 12.1. The van der Waals surface area contributed by atoms with Crippen LogP contribution in [0.5, 0.6) is 0 Å². The summed E-state index contributed by atoms with van der Waals surface area (Å²) < 4.78 is 0. The maximum Gasteiger partial charge on any atom is 0.322 e. The Labute approximate surface area is 114 Å². The van der Waals surface area contributed by atoms with Crippen molar-refractivity contribution in [3.05, 3.63) is 35.4 Å². The van der Waals surface area contributed by atoms with Gasteiger partial charge in [-0.1, -0.05) is 18.2 Å². The second-order valence-electron chi connectivity index (χ2n) is 4.29. The van der Waals surface area contributed by atoms with Gasteiger partial charge in [-0.2, -0.15) is 0 Å². The lowest BCUT2D eigenvalue weighted by molar-refractivity contribution is -0.138. The average Bonchev–Trinajstić information content (AvgIpc) is 2.41.